The maximum Gasteiger partial charge on any atom is 0.177 e. The SMILES string of the molecule is N=C(c1cnc(N2CCSCC2)c(F)c1)c1cc(O[C@H](N)c2c(Cl)cncc2Cl)ccc1N. The molecule has 1 saturated heterocycles. The molecule has 1 aliphatic rings. The Hall–Kier alpha value is -2.59. The van der Waals surface area contributed by atoms with E-state index in [2.05, 4.69) is 9.97 Å². The van der Waals surface area contributed by atoms with Crippen molar-refractivity contribution in [2.45, 2.75) is 6.23 Å². The van der Waals surface area contributed by atoms with Crippen LogP contribution in [0.5, 0.6) is 5.75 Å². The summed E-state index contributed by atoms with van der Waals surface area (Å²) < 4.78 is 20.6. The molecule has 0 bridgehead atoms. The van der Waals surface area contributed by atoms with Gasteiger partial charge in [-0.2, -0.15) is 11.8 Å². The lowest BCUT2D eigenvalue weighted by atomic mass is 10.0. The van der Waals surface area contributed by atoms with E-state index >= 15 is 0 Å². The number of benzene rings is 1. The van der Waals surface area contributed by atoms with Crippen LogP contribution in [0.1, 0.15) is 22.9 Å². The number of nitrogens with two attached hydrogens (primary N) is 2. The molecule has 0 aliphatic carbocycles. The molecule has 11 heteroatoms. The highest BCUT2D eigenvalue weighted by molar-refractivity contribution is 7.99. The number of nitrogen functional groups attached to an aromatic ring is 1. The largest absolute Gasteiger partial charge is 0.471 e. The molecule has 0 unspecified atom stereocenters. The molecule has 33 heavy (non-hydrogen) atoms. The Balaban J connectivity index is 1.57. The van der Waals surface area contributed by atoms with Gasteiger partial charge in [0, 0.05) is 65.6 Å². The van der Waals surface area contributed by atoms with E-state index in [1.165, 1.54) is 24.7 Å². The summed E-state index contributed by atoms with van der Waals surface area (Å²) in [6.07, 6.45) is 3.35. The van der Waals surface area contributed by atoms with Crippen molar-refractivity contribution in [3.63, 3.8) is 0 Å². The molecule has 1 aliphatic heterocycles. The number of rotatable bonds is 6. The van der Waals surface area contributed by atoms with Gasteiger partial charge in [-0.15, -0.1) is 0 Å². The van der Waals surface area contributed by atoms with Crippen molar-refractivity contribution >= 4 is 52.2 Å². The Morgan fingerprint density at radius 2 is 1.85 bits per heavy atom. The lowest BCUT2D eigenvalue weighted by molar-refractivity contribution is 0.214. The van der Waals surface area contributed by atoms with Gasteiger partial charge >= 0.3 is 0 Å². The Kier molecular flexibility index (Phi) is 7.23. The summed E-state index contributed by atoms with van der Waals surface area (Å²) in [5, 5.41) is 9.14. The Bertz CT molecular complexity index is 1170. The molecule has 0 amide bonds. The first-order chi connectivity index (χ1) is 15.8. The monoisotopic (exact) mass is 506 g/mol. The van der Waals surface area contributed by atoms with Gasteiger partial charge in [0.25, 0.3) is 0 Å². The summed E-state index contributed by atoms with van der Waals surface area (Å²) >= 11 is 14.1. The number of aromatic nitrogens is 2. The van der Waals surface area contributed by atoms with Crippen molar-refractivity contribution < 1.29 is 9.13 Å². The van der Waals surface area contributed by atoms with Gasteiger partial charge in [-0.25, -0.2) is 9.37 Å². The molecule has 1 fully saturated rings. The van der Waals surface area contributed by atoms with Gasteiger partial charge in [0.15, 0.2) is 17.9 Å². The number of ether oxygens (including phenoxy) is 1. The summed E-state index contributed by atoms with van der Waals surface area (Å²) in [5.74, 6) is 2.03. The van der Waals surface area contributed by atoms with Crippen LogP contribution in [0, 0.1) is 11.2 Å². The molecule has 2 aromatic heterocycles. The van der Waals surface area contributed by atoms with Crippen LogP contribution in [0.4, 0.5) is 15.9 Å². The molecule has 5 N–H and O–H groups in total. The van der Waals surface area contributed by atoms with Crippen molar-refractivity contribution in [2.24, 2.45) is 5.73 Å². The highest BCUT2D eigenvalue weighted by Crippen LogP contribution is 2.31. The number of hydrogen-bond donors (Lipinski definition) is 3. The number of thioether (sulfide) groups is 1. The maximum absolute atomic E-state index is 14.8. The van der Waals surface area contributed by atoms with Gasteiger partial charge in [0.2, 0.25) is 0 Å². The minimum Gasteiger partial charge on any atom is -0.471 e. The fourth-order valence-electron chi connectivity index (χ4n) is 3.45. The fraction of sp³-hybridized carbons (Fsp3) is 0.227. The van der Waals surface area contributed by atoms with E-state index in [9.17, 15) is 4.39 Å². The van der Waals surface area contributed by atoms with Gasteiger partial charge in [0.1, 0.15) is 5.75 Å². The van der Waals surface area contributed by atoms with E-state index in [0.717, 1.165) is 24.6 Å². The van der Waals surface area contributed by atoms with Crippen molar-refractivity contribution in [3.05, 3.63) is 75.4 Å². The molecule has 3 heterocycles. The maximum atomic E-state index is 14.8. The van der Waals surface area contributed by atoms with Gasteiger partial charge < -0.3 is 15.4 Å². The van der Waals surface area contributed by atoms with E-state index < -0.39 is 12.0 Å². The minimum atomic E-state index is -0.972. The normalized spacial score (nSPS) is 14.7. The second kappa shape index (κ2) is 10.1. The van der Waals surface area contributed by atoms with Crippen LogP contribution < -0.4 is 21.1 Å². The highest BCUT2D eigenvalue weighted by atomic mass is 35.5. The third kappa shape index (κ3) is 5.16. The first kappa shape index (κ1) is 23.6. The second-order valence-electron chi connectivity index (χ2n) is 7.31. The smallest absolute Gasteiger partial charge is 0.177 e. The molecule has 0 saturated carbocycles. The molecule has 1 aromatic carbocycles. The Morgan fingerprint density at radius 1 is 1.15 bits per heavy atom. The van der Waals surface area contributed by atoms with Crippen LogP contribution in [0.3, 0.4) is 0 Å². The number of halogens is 3. The van der Waals surface area contributed by atoms with E-state index in [0.29, 0.717) is 33.9 Å². The highest BCUT2D eigenvalue weighted by Gasteiger charge is 2.20. The molecule has 4 rings (SSSR count). The molecule has 3 aromatic rings. The Labute approximate surface area is 204 Å². The van der Waals surface area contributed by atoms with Crippen LogP contribution in [-0.4, -0.2) is 40.3 Å². The Morgan fingerprint density at radius 3 is 2.52 bits per heavy atom. The zero-order valence-electron chi connectivity index (χ0n) is 17.4. The van der Waals surface area contributed by atoms with Gasteiger partial charge in [-0.1, -0.05) is 23.2 Å². The lowest BCUT2D eigenvalue weighted by Gasteiger charge is -2.27. The average molecular weight is 507 g/mol. The van der Waals surface area contributed by atoms with E-state index in [-0.39, 0.29) is 15.8 Å². The van der Waals surface area contributed by atoms with Gasteiger partial charge in [-0.05, 0) is 24.3 Å². The number of nitrogens with one attached hydrogen (secondary N) is 1. The summed E-state index contributed by atoms with van der Waals surface area (Å²) in [5.41, 5.74) is 13.6. The first-order valence-electron chi connectivity index (χ1n) is 10.0. The first-order valence-corrected chi connectivity index (χ1v) is 11.9. The van der Waals surface area contributed by atoms with Crippen LogP contribution >= 0.6 is 35.0 Å². The number of hydrogen-bond acceptors (Lipinski definition) is 8. The summed E-state index contributed by atoms with van der Waals surface area (Å²) in [4.78, 5) is 10.1. The van der Waals surface area contributed by atoms with Crippen LogP contribution in [0.15, 0.2) is 42.9 Å². The van der Waals surface area contributed by atoms with E-state index in [4.69, 9.17) is 44.8 Å². The molecule has 0 spiro atoms. The average Bonchev–Trinajstić information content (AvgIpc) is 2.80. The van der Waals surface area contributed by atoms with E-state index in [1.54, 1.807) is 18.2 Å². The second-order valence-corrected chi connectivity index (χ2v) is 9.35. The zero-order chi connectivity index (χ0) is 23.5. The number of anilines is 2. The topological polar surface area (TPSA) is 114 Å². The van der Waals surface area contributed by atoms with Crippen LogP contribution in [-0.2, 0) is 0 Å². The van der Waals surface area contributed by atoms with E-state index in [1.807, 2.05) is 16.7 Å². The fourth-order valence-corrected chi connectivity index (χ4v) is 4.94. The van der Waals surface area contributed by atoms with Crippen molar-refractivity contribution in [1.29, 1.82) is 5.41 Å². The third-order valence-corrected chi connectivity index (χ3v) is 6.70. The van der Waals surface area contributed by atoms with Crippen molar-refractivity contribution in [2.75, 3.05) is 35.2 Å². The lowest BCUT2D eigenvalue weighted by Crippen LogP contribution is -2.33. The molecule has 1 atom stereocenters. The van der Waals surface area contributed by atoms with Gasteiger partial charge in [0.05, 0.1) is 15.8 Å². The zero-order valence-corrected chi connectivity index (χ0v) is 19.7. The molecular formula is C22H21Cl2FN6OS. The quantitative estimate of drug-likeness (QED) is 0.256. The molecule has 7 nitrogen and oxygen atoms in total. The third-order valence-electron chi connectivity index (χ3n) is 5.15. The standard InChI is InChI=1S/C22H21Cl2FN6OS/c23-15-10-29-11-16(24)19(15)21(28)32-13-1-2-18(26)14(8-13)20(27)12-7-17(25)22(30-9-12)31-3-5-33-6-4-31/h1-2,7-11,21,27H,3-6,26,28H2/t21-/m0/s1. The predicted octanol–water partition coefficient (Wildman–Crippen LogP) is 4.51. The molecule has 172 valence electrons. The summed E-state index contributed by atoms with van der Waals surface area (Å²) in [6.45, 7) is 1.48. The number of pyridine rings is 2. The van der Waals surface area contributed by atoms with Crippen molar-refractivity contribution in [3.8, 4) is 5.75 Å². The van der Waals surface area contributed by atoms with Gasteiger partial charge in [-0.3, -0.25) is 16.1 Å². The summed E-state index contributed by atoms with van der Waals surface area (Å²) in [7, 11) is 0. The molecular weight excluding hydrogens is 486 g/mol. The molecule has 0 radical (unpaired) electrons. The predicted molar refractivity (Wildman–Crippen MR) is 132 cm³/mol. The number of nitrogens with zero attached hydrogens (tertiary/aromatic N) is 3. The van der Waals surface area contributed by atoms with Crippen LogP contribution in [0.2, 0.25) is 10.0 Å². The summed E-state index contributed by atoms with van der Waals surface area (Å²) in [6, 6.07) is 6.08. The van der Waals surface area contributed by atoms with Crippen molar-refractivity contribution in [1.82, 2.24) is 9.97 Å². The minimum absolute atomic E-state index is 0.0126. The van der Waals surface area contributed by atoms with Crippen LogP contribution in [0.25, 0.3) is 0 Å².